The molecule has 0 saturated heterocycles. The zero-order valence-corrected chi connectivity index (χ0v) is 23.2. The monoisotopic (exact) mass is 577 g/mol. The molecule has 1 fully saturated rings. The number of hydrogen-bond acceptors (Lipinski definition) is 5. The highest BCUT2D eigenvalue weighted by Crippen LogP contribution is 2.40. The number of hydrogen-bond donors (Lipinski definition) is 2. The van der Waals surface area contributed by atoms with Crippen LogP contribution in [0.1, 0.15) is 55.5 Å². The largest absolute Gasteiger partial charge is 0.487 e. The number of nitrogens with one attached hydrogen (secondary N) is 1. The fourth-order valence-corrected chi connectivity index (χ4v) is 7.03. The second kappa shape index (κ2) is 12.1. The first kappa shape index (κ1) is 29.1. The molecule has 1 aliphatic rings. The molecule has 10 heteroatoms. The number of thioether (sulfide) groups is 2. The van der Waals surface area contributed by atoms with E-state index in [4.69, 9.17) is 4.74 Å². The maximum atomic E-state index is 13.5. The summed E-state index contributed by atoms with van der Waals surface area (Å²) in [4.78, 5) is 25.9. The molecule has 0 radical (unpaired) electrons. The van der Waals surface area contributed by atoms with E-state index in [1.54, 1.807) is 48.2 Å². The van der Waals surface area contributed by atoms with Gasteiger partial charge in [0.15, 0.2) is 0 Å². The Kier molecular flexibility index (Phi) is 9.06. The number of benzene rings is 3. The molecule has 208 valence electrons. The number of fused-ring (bicyclic) bond motifs is 1. The lowest BCUT2D eigenvalue weighted by Crippen LogP contribution is -2.53. The first-order valence-corrected chi connectivity index (χ1v) is 14.3. The Morgan fingerprint density at radius 1 is 1.03 bits per heavy atom. The molecule has 0 aliphatic heterocycles. The topological polar surface area (TPSA) is 75.6 Å². The number of alkyl halides is 3. The van der Waals surface area contributed by atoms with E-state index in [0.717, 1.165) is 31.1 Å². The van der Waals surface area contributed by atoms with Crippen molar-refractivity contribution in [2.24, 2.45) is 0 Å². The van der Waals surface area contributed by atoms with Gasteiger partial charge in [-0.15, -0.1) is 11.8 Å². The van der Waals surface area contributed by atoms with E-state index in [9.17, 15) is 27.9 Å². The second-order valence-electron chi connectivity index (χ2n) is 10.0. The number of amides is 1. The first-order chi connectivity index (χ1) is 18.4. The summed E-state index contributed by atoms with van der Waals surface area (Å²) in [5, 5.41) is 14.6. The van der Waals surface area contributed by atoms with Crippen LogP contribution in [0.4, 0.5) is 13.2 Å². The molecule has 1 aliphatic carbocycles. The summed E-state index contributed by atoms with van der Waals surface area (Å²) >= 11 is 1.41. The van der Waals surface area contributed by atoms with Gasteiger partial charge in [-0.2, -0.15) is 13.2 Å². The molecular formula is C29H30F3NO4S2. The fourth-order valence-electron chi connectivity index (χ4n) is 4.77. The van der Waals surface area contributed by atoms with Gasteiger partial charge in [0, 0.05) is 20.3 Å². The molecule has 2 N–H and O–H groups in total. The van der Waals surface area contributed by atoms with Crippen LogP contribution in [-0.2, 0) is 11.4 Å². The molecule has 1 saturated carbocycles. The van der Waals surface area contributed by atoms with Crippen molar-refractivity contribution in [3.8, 4) is 5.75 Å². The summed E-state index contributed by atoms with van der Waals surface area (Å²) in [5.41, 5.74) is -3.56. The van der Waals surface area contributed by atoms with Crippen LogP contribution < -0.4 is 10.1 Å². The van der Waals surface area contributed by atoms with Gasteiger partial charge in [-0.1, -0.05) is 55.3 Å². The van der Waals surface area contributed by atoms with E-state index in [1.165, 1.54) is 12.1 Å². The van der Waals surface area contributed by atoms with Crippen LogP contribution in [0.25, 0.3) is 10.8 Å². The highest BCUT2D eigenvalue weighted by Gasteiger charge is 2.40. The molecule has 0 aromatic heterocycles. The maximum Gasteiger partial charge on any atom is 0.446 e. The fraction of sp³-hybridized carbons (Fsp3) is 0.379. The normalized spacial score (nSPS) is 15.3. The predicted octanol–water partition coefficient (Wildman–Crippen LogP) is 7.67. The van der Waals surface area contributed by atoms with Gasteiger partial charge in [0.25, 0.3) is 5.91 Å². The van der Waals surface area contributed by atoms with Crippen molar-refractivity contribution in [2.45, 2.75) is 72.6 Å². The standard InChI is InChI=1S/C29H30F3NO4S2/c1-28(2,38-20-8-4-5-9-20)25(27(35)36)33-26(34)23-16-13-19-7-3-6-10-22(19)24(23)37-17-18-11-14-21(15-12-18)39-29(30,31)32/h3,6-7,10-16,20,25H,4-5,8-9,17H2,1-2H3,(H,33,34)(H,35,36)/t25-/m1/s1. The number of ether oxygens (including phenoxy) is 1. The number of rotatable bonds is 10. The SMILES string of the molecule is CC(C)(SC1CCCC1)[C@H](NC(=O)c1ccc2ccccc2c1OCc1ccc(SC(F)(F)F)cc1)C(=O)O. The Bertz CT molecular complexity index is 1320. The van der Waals surface area contributed by atoms with Crippen molar-refractivity contribution < 1.29 is 32.6 Å². The van der Waals surface area contributed by atoms with E-state index in [2.05, 4.69) is 5.32 Å². The molecule has 1 amide bonds. The zero-order chi connectivity index (χ0) is 28.2. The van der Waals surface area contributed by atoms with Gasteiger partial charge in [0.1, 0.15) is 18.4 Å². The molecule has 4 rings (SSSR count). The highest BCUT2D eigenvalue weighted by atomic mass is 32.2. The third kappa shape index (κ3) is 7.63. The van der Waals surface area contributed by atoms with E-state index in [-0.39, 0.29) is 34.6 Å². The Labute approximate surface area is 233 Å². The van der Waals surface area contributed by atoms with Gasteiger partial charge in [0.2, 0.25) is 0 Å². The summed E-state index contributed by atoms with van der Waals surface area (Å²) in [6, 6.07) is 15.4. The van der Waals surface area contributed by atoms with Gasteiger partial charge in [-0.3, -0.25) is 4.79 Å². The number of carbonyl (C=O) groups excluding carboxylic acids is 1. The van der Waals surface area contributed by atoms with Crippen molar-refractivity contribution in [1.29, 1.82) is 0 Å². The quantitative estimate of drug-likeness (QED) is 0.241. The lowest BCUT2D eigenvalue weighted by Gasteiger charge is -2.33. The molecule has 0 unspecified atom stereocenters. The van der Waals surface area contributed by atoms with Gasteiger partial charge in [-0.25, -0.2) is 4.79 Å². The van der Waals surface area contributed by atoms with Crippen LogP contribution in [-0.4, -0.2) is 38.5 Å². The molecule has 0 spiro atoms. The van der Waals surface area contributed by atoms with Crippen LogP contribution in [0.5, 0.6) is 5.75 Å². The Balaban J connectivity index is 1.57. The Hall–Kier alpha value is -2.85. The molecule has 39 heavy (non-hydrogen) atoms. The van der Waals surface area contributed by atoms with Crippen molar-refractivity contribution >= 4 is 46.2 Å². The molecule has 0 bridgehead atoms. The summed E-state index contributed by atoms with van der Waals surface area (Å²) in [6.45, 7) is 3.69. The second-order valence-corrected chi connectivity index (χ2v) is 13.1. The smallest absolute Gasteiger partial charge is 0.446 e. The summed E-state index contributed by atoms with van der Waals surface area (Å²) in [6.07, 6.45) is 4.32. The van der Waals surface area contributed by atoms with Crippen LogP contribution >= 0.6 is 23.5 Å². The summed E-state index contributed by atoms with van der Waals surface area (Å²) in [7, 11) is 0. The van der Waals surface area contributed by atoms with E-state index in [1.807, 2.05) is 26.0 Å². The average Bonchev–Trinajstić information content (AvgIpc) is 3.37. The van der Waals surface area contributed by atoms with E-state index < -0.39 is 28.2 Å². The number of aliphatic carboxylic acids is 1. The minimum Gasteiger partial charge on any atom is -0.487 e. The van der Waals surface area contributed by atoms with Crippen LogP contribution in [0.3, 0.4) is 0 Å². The molecule has 3 aromatic carbocycles. The summed E-state index contributed by atoms with van der Waals surface area (Å²) < 4.78 is 43.3. The third-order valence-corrected chi connectivity index (χ3v) is 9.04. The Morgan fingerprint density at radius 2 is 1.69 bits per heavy atom. The van der Waals surface area contributed by atoms with Crippen LogP contribution in [0, 0.1) is 0 Å². The lowest BCUT2D eigenvalue weighted by atomic mass is 10.0. The summed E-state index contributed by atoms with van der Waals surface area (Å²) in [5.74, 6) is -1.40. The van der Waals surface area contributed by atoms with Crippen molar-refractivity contribution in [3.05, 3.63) is 71.8 Å². The van der Waals surface area contributed by atoms with Crippen molar-refractivity contribution in [1.82, 2.24) is 5.32 Å². The maximum absolute atomic E-state index is 13.5. The first-order valence-electron chi connectivity index (χ1n) is 12.6. The number of carboxylic acids is 1. The number of halogens is 3. The van der Waals surface area contributed by atoms with Crippen LogP contribution in [0.15, 0.2) is 65.6 Å². The van der Waals surface area contributed by atoms with Crippen molar-refractivity contribution in [2.75, 3.05) is 0 Å². The number of carbonyl (C=O) groups is 2. The molecule has 1 atom stereocenters. The molecule has 0 heterocycles. The lowest BCUT2D eigenvalue weighted by molar-refractivity contribution is -0.139. The zero-order valence-electron chi connectivity index (χ0n) is 21.6. The van der Waals surface area contributed by atoms with Crippen LogP contribution in [0.2, 0.25) is 0 Å². The highest BCUT2D eigenvalue weighted by molar-refractivity contribution is 8.01. The minimum absolute atomic E-state index is 0.0106. The molecular weight excluding hydrogens is 547 g/mol. The minimum atomic E-state index is -4.37. The van der Waals surface area contributed by atoms with Gasteiger partial charge in [0.05, 0.1) is 5.56 Å². The van der Waals surface area contributed by atoms with Gasteiger partial charge >= 0.3 is 11.5 Å². The average molecular weight is 578 g/mol. The number of carboxylic acid groups (broad SMARTS) is 1. The Morgan fingerprint density at radius 3 is 2.33 bits per heavy atom. The van der Waals surface area contributed by atoms with Gasteiger partial charge < -0.3 is 15.2 Å². The predicted molar refractivity (Wildman–Crippen MR) is 149 cm³/mol. The van der Waals surface area contributed by atoms with E-state index in [0.29, 0.717) is 16.2 Å². The van der Waals surface area contributed by atoms with Gasteiger partial charge in [-0.05, 0) is 67.6 Å². The van der Waals surface area contributed by atoms with Crippen molar-refractivity contribution in [3.63, 3.8) is 0 Å². The molecule has 3 aromatic rings. The van der Waals surface area contributed by atoms with E-state index >= 15 is 0 Å². The third-order valence-electron chi connectivity index (χ3n) is 6.65. The molecule has 5 nitrogen and oxygen atoms in total.